The number of carbonyl (C=O) groups excluding carboxylic acids is 1. The van der Waals surface area contributed by atoms with Crippen molar-refractivity contribution in [1.82, 2.24) is 5.32 Å². The molecule has 116 valence electrons. The summed E-state index contributed by atoms with van der Waals surface area (Å²) in [5, 5.41) is 3.02. The summed E-state index contributed by atoms with van der Waals surface area (Å²) in [4.78, 5) is 14.0. The third-order valence-electron chi connectivity index (χ3n) is 3.92. The molecule has 4 nitrogen and oxygen atoms in total. The largest absolute Gasteiger partial charge is 0.378 e. The molecule has 1 aliphatic rings. The summed E-state index contributed by atoms with van der Waals surface area (Å²) in [6, 6.07) is 6.32. The van der Waals surface area contributed by atoms with Gasteiger partial charge in [-0.2, -0.15) is 0 Å². The van der Waals surface area contributed by atoms with Crippen molar-refractivity contribution in [3.8, 4) is 0 Å². The number of rotatable bonds is 6. The van der Waals surface area contributed by atoms with Gasteiger partial charge in [-0.05, 0) is 43.4 Å². The lowest BCUT2D eigenvalue weighted by Crippen LogP contribution is -2.25. The quantitative estimate of drug-likeness (QED) is 0.875. The van der Waals surface area contributed by atoms with Crippen LogP contribution in [0.15, 0.2) is 18.2 Å². The van der Waals surface area contributed by atoms with E-state index in [1.807, 2.05) is 14.1 Å². The Balaban J connectivity index is 1.83. The highest BCUT2D eigenvalue weighted by Crippen LogP contribution is 2.20. The molecule has 2 rings (SSSR count). The summed E-state index contributed by atoms with van der Waals surface area (Å²) < 4.78 is 5.54. The van der Waals surface area contributed by atoms with Crippen LogP contribution in [0.3, 0.4) is 0 Å². The first-order valence-electron chi connectivity index (χ1n) is 7.71. The third kappa shape index (κ3) is 4.74. The molecular weight excluding hydrogens is 264 g/mol. The fourth-order valence-electron chi connectivity index (χ4n) is 2.69. The van der Waals surface area contributed by atoms with Gasteiger partial charge in [-0.3, -0.25) is 4.79 Å². The topological polar surface area (TPSA) is 41.6 Å². The van der Waals surface area contributed by atoms with Gasteiger partial charge < -0.3 is 15.0 Å². The van der Waals surface area contributed by atoms with Crippen LogP contribution < -0.4 is 10.2 Å². The first kappa shape index (κ1) is 15.8. The number of benzene rings is 1. The van der Waals surface area contributed by atoms with Crippen LogP contribution in [0.1, 0.15) is 36.8 Å². The highest BCUT2D eigenvalue weighted by molar-refractivity contribution is 5.76. The molecule has 4 heteroatoms. The van der Waals surface area contributed by atoms with E-state index in [4.69, 9.17) is 4.74 Å². The number of amides is 1. The minimum absolute atomic E-state index is 0.107. The van der Waals surface area contributed by atoms with Crippen molar-refractivity contribution in [3.63, 3.8) is 0 Å². The second-order valence-corrected chi connectivity index (χ2v) is 5.98. The Morgan fingerprint density at radius 1 is 1.43 bits per heavy atom. The van der Waals surface area contributed by atoms with E-state index in [1.54, 1.807) is 0 Å². The number of anilines is 1. The van der Waals surface area contributed by atoms with E-state index in [9.17, 15) is 4.79 Å². The van der Waals surface area contributed by atoms with Gasteiger partial charge in [0.2, 0.25) is 5.91 Å². The number of ether oxygens (including phenoxy) is 1. The van der Waals surface area contributed by atoms with Crippen LogP contribution in [-0.4, -0.2) is 32.7 Å². The van der Waals surface area contributed by atoms with Crippen LogP contribution in [0.4, 0.5) is 5.69 Å². The van der Waals surface area contributed by atoms with Gasteiger partial charge in [0.1, 0.15) is 0 Å². The van der Waals surface area contributed by atoms with Gasteiger partial charge >= 0.3 is 0 Å². The maximum Gasteiger partial charge on any atom is 0.220 e. The molecule has 21 heavy (non-hydrogen) atoms. The van der Waals surface area contributed by atoms with Gasteiger partial charge in [0, 0.05) is 39.4 Å². The van der Waals surface area contributed by atoms with Crippen molar-refractivity contribution in [1.29, 1.82) is 0 Å². The predicted molar refractivity (Wildman–Crippen MR) is 85.6 cm³/mol. The summed E-state index contributed by atoms with van der Waals surface area (Å²) in [6.45, 7) is 3.51. The minimum atomic E-state index is 0.107. The third-order valence-corrected chi connectivity index (χ3v) is 3.92. The van der Waals surface area contributed by atoms with Gasteiger partial charge in [-0.1, -0.05) is 12.1 Å². The number of nitrogens with one attached hydrogen (secondary N) is 1. The van der Waals surface area contributed by atoms with Gasteiger partial charge in [-0.15, -0.1) is 0 Å². The molecule has 0 spiro atoms. The molecule has 0 saturated carbocycles. The second kappa shape index (κ2) is 7.46. The molecule has 0 aromatic heterocycles. The van der Waals surface area contributed by atoms with Crippen LogP contribution in [0.5, 0.6) is 0 Å². The second-order valence-electron chi connectivity index (χ2n) is 5.98. The molecule has 1 atom stereocenters. The maximum absolute atomic E-state index is 11.9. The minimum Gasteiger partial charge on any atom is -0.378 e. The van der Waals surface area contributed by atoms with Crippen LogP contribution in [-0.2, 0) is 16.1 Å². The lowest BCUT2D eigenvalue weighted by Gasteiger charge is -2.18. The molecule has 0 aliphatic carbocycles. The molecule has 1 saturated heterocycles. The van der Waals surface area contributed by atoms with Crippen molar-refractivity contribution < 1.29 is 9.53 Å². The van der Waals surface area contributed by atoms with Crippen LogP contribution in [0.25, 0.3) is 0 Å². The van der Waals surface area contributed by atoms with E-state index in [1.165, 1.54) is 5.56 Å². The monoisotopic (exact) mass is 290 g/mol. The maximum atomic E-state index is 11.9. The van der Waals surface area contributed by atoms with Crippen LogP contribution in [0, 0.1) is 6.92 Å². The number of hydrogen-bond acceptors (Lipinski definition) is 3. The fourth-order valence-corrected chi connectivity index (χ4v) is 2.69. The lowest BCUT2D eigenvalue weighted by molar-refractivity contribution is -0.121. The van der Waals surface area contributed by atoms with Gasteiger partial charge in [0.25, 0.3) is 0 Å². The van der Waals surface area contributed by atoms with Gasteiger partial charge in [-0.25, -0.2) is 0 Å². The van der Waals surface area contributed by atoms with Crippen molar-refractivity contribution in [2.24, 2.45) is 0 Å². The molecule has 1 aromatic rings. The van der Waals surface area contributed by atoms with Gasteiger partial charge in [0.15, 0.2) is 0 Å². The van der Waals surface area contributed by atoms with Crippen molar-refractivity contribution >= 4 is 11.6 Å². The summed E-state index contributed by atoms with van der Waals surface area (Å²) in [5.74, 6) is 0.107. The standard InChI is InChI=1S/C17H26N2O2/c1-13-6-7-14(16(11-13)19(2)3)12-18-17(20)9-8-15-5-4-10-21-15/h6-7,11,15H,4-5,8-10,12H2,1-3H3,(H,18,20). The summed E-state index contributed by atoms with van der Waals surface area (Å²) >= 11 is 0. The Hall–Kier alpha value is -1.55. The molecule has 0 bridgehead atoms. The Bertz CT molecular complexity index is 480. The van der Waals surface area contributed by atoms with E-state index in [-0.39, 0.29) is 12.0 Å². The number of carbonyl (C=O) groups is 1. The molecule has 1 aromatic carbocycles. The van der Waals surface area contributed by atoms with Crippen molar-refractivity contribution in [3.05, 3.63) is 29.3 Å². The zero-order chi connectivity index (χ0) is 15.2. The van der Waals surface area contributed by atoms with Crippen molar-refractivity contribution in [2.45, 2.75) is 45.3 Å². The highest BCUT2D eigenvalue weighted by Gasteiger charge is 2.16. The number of nitrogens with zero attached hydrogens (tertiary/aromatic N) is 1. The van der Waals surface area contributed by atoms with Crippen LogP contribution in [0.2, 0.25) is 0 Å². The summed E-state index contributed by atoms with van der Waals surface area (Å²) in [7, 11) is 4.05. The lowest BCUT2D eigenvalue weighted by atomic mass is 10.1. The molecule has 1 fully saturated rings. The normalized spacial score (nSPS) is 17.8. The Morgan fingerprint density at radius 2 is 2.24 bits per heavy atom. The molecule has 0 radical (unpaired) electrons. The Morgan fingerprint density at radius 3 is 2.90 bits per heavy atom. The zero-order valence-electron chi connectivity index (χ0n) is 13.3. The van der Waals surface area contributed by atoms with Crippen molar-refractivity contribution in [2.75, 3.05) is 25.6 Å². The van der Waals surface area contributed by atoms with E-state index in [2.05, 4.69) is 35.3 Å². The van der Waals surface area contributed by atoms with E-state index < -0.39 is 0 Å². The molecule has 1 heterocycles. The summed E-state index contributed by atoms with van der Waals surface area (Å²) in [6.07, 6.45) is 3.89. The van der Waals surface area contributed by atoms with E-state index in [0.29, 0.717) is 13.0 Å². The Labute approximate surface area is 127 Å². The van der Waals surface area contributed by atoms with Crippen LogP contribution >= 0.6 is 0 Å². The highest BCUT2D eigenvalue weighted by atomic mass is 16.5. The smallest absolute Gasteiger partial charge is 0.220 e. The van der Waals surface area contributed by atoms with Gasteiger partial charge in [0.05, 0.1) is 6.10 Å². The predicted octanol–water partition coefficient (Wildman–Crippen LogP) is 2.64. The summed E-state index contributed by atoms with van der Waals surface area (Å²) in [5.41, 5.74) is 3.54. The van der Waals surface area contributed by atoms with E-state index >= 15 is 0 Å². The molecule has 1 amide bonds. The zero-order valence-corrected chi connectivity index (χ0v) is 13.3. The average Bonchev–Trinajstić information content (AvgIpc) is 2.97. The first-order valence-corrected chi connectivity index (χ1v) is 7.71. The Kier molecular flexibility index (Phi) is 5.62. The average molecular weight is 290 g/mol. The molecule has 1 N–H and O–H groups in total. The number of aryl methyl sites for hydroxylation is 1. The molecular formula is C17H26N2O2. The van der Waals surface area contributed by atoms with E-state index in [0.717, 1.165) is 37.1 Å². The molecule has 1 unspecified atom stereocenters. The first-order chi connectivity index (χ1) is 10.1. The number of hydrogen-bond donors (Lipinski definition) is 1. The molecule has 1 aliphatic heterocycles. The fraction of sp³-hybridized carbons (Fsp3) is 0.588. The SMILES string of the molecule is Cc1ccc(CNC(=O)CCC2CCCO2)c(N(C)C)c1.